The SMILES string of the molecule is O=C(Nc1ccnn1Cc1ccc(Cl)cc1Cl)c1cc([N+](=O)[O-])ccc1N1CCOCC1. The van der Waals surface area contributed by atoms with E-state index < -0.39 is 10.8 Å². The van der Waals surface area contributed by atoms with Gasteiger partial charge < -0.3 is 15.0 Å². The Morgan fingerprint density at radius 2 is 1.94 bits per heavy atom. The maximum absolute atomic E-state index is 13.2. The number of nitrogens with zero attached hydrogens (tertiary/aromatic N) is 4. The molecule has 32 heavy (non-hydrogen) atoms. The number of rotatable bonds is 6. The Balaban J connectivity index is 1.61. The van der Waals surface area contributed by atoms with E-state index in [1.165, 1.54) is 12.1 Å². The van der Waals surface area contributed by atoms with E-state index in [-0.39, 0.29) is 11.3 Å². The van der Waals surface area contributed by atoms with Crippen molar-refractivity contribution in [1.82, 2.24) is 9.78 Å². The molecule has 0 unspecified atom stereocenters. The third-order valence-corrected chi connectivity index (χ3v) is 5.67. The zero-order chi connectivity index (χ0) is 22.7. The van der Waals surface area contributed by atoms with E-state index in [4.69, 9.17) is 27.9 Å². The molecule has 0 atom stereocenters. The molecule has 166 valence electrons. The smallest absolute Gasteiger partial charge is 0.270 e. The quantitative estimate of drug-likeness (QED) is 0.422. The highest BCUT2D eigenvalue weighted by atomic mass is 35.5. The summed E-state index contributed by atoms with van der Waals surface area (Å²) in [5.74, 6) is -0.0420. The van der Waals surface area contributed by atoms with Crippen LogP contribution in [0.15, 0.2) is 48.7 Å². The maximum atomic E-state index is 13.2. The van der Waals surface area contributed by atoms with Crippen molar-refractivity contribution >= 4 is 46.3 Å². The maximum Gasteiger partial charge on any atom is 0.270 e. The van der Waals surface area contributed by atoms with Crippen LogP contribution >= 0.6 is 23.2 Å². The lowest BCUT2D eigenvalue weighted by molar-refractivity contribution is -0.384. The Hall–Kier alpha value is -3.14. The Labute approximate surface area is 193 Å². The molecule has 1 aliphatic heterocycles. The number of hydrogen-bond donors (Lipinski definition) is 1. The van der Waals surface area contributed by atoms with Crippen LogP contribution in [0.1, 0.15) is 15.9 Å². The third-order valence-electron chi connectivity index (χ3n) is 5.08. The van der Waals surface area contributed by atoms with Crippen LogP contribution in [0.3, 0.4) is 0 Å². The fourth-order valence-corrected chi connectivity index (χ4v) is 3.93. The van der Waals surface area contributed by atoms with Crippen LogP contribution < -0.4 is 10.2 Å². The molecule has 1 aliphatic rings. The standard InChI is InChI=1S/C21H19Cl2N5O4/c22-15-2-1-14(18(23)11-15)13-27-20(5-6-24-27)25-21(29)17-12-16(28(30)31)3-4-19(17)26-7-9-32-10-8-26/h1-6,11-12H,7-10,13H2,(H,25,29). The number of carbonyl (C=O) groups is 1. The van der Waals surface area contributed by atoms with Crippen LogP contribution in [0.5, 0.6) is 0 Å². The second kappa shape index (κ2) is 9.56. The predicted molar refractivity (Wildman–Crippen MR) is 122 cm³/mol. The fourth-order valence-electron chi connectivity index (χ4n) is 3.46. The van der Waals surface area contributed by atoms with Crippen molar-refractivity contribution in [2.24, 2.45) is 0 Å². The number of halogens is 2. The average Bonchev–Trinajstić information content (AvgIpc) is 3.22. The van der Waals surface area contributed by atoms with Crippen LogP contribution in [0, 0.1) is 10.1 Å². The summed E-state index contributed by atoms with van der Waals surface area (Å²) in [6.07, 6.45) is 1.55. The number of nitro groups is 1. The zero-order valence-corrected chi connectivity index (χ0v) is 18.3. The van der Waals surface area contributed by atoms with Gasteiger partial charge in [0, 0.05) is 41.3 Å². The molecule has 9 nitrogen and oxygen atoms in total. The highest BCUT2D eigenvalue weighted by molar-refractivity contribution is 6.35. The number of carbonyl (C=O) groups excluding carboxylic acids is 1. The summed E-state index contributed by atoms with van der Waals surface area (Å²) in [5.41, 5.74) is 1.44. The molecule has 1 saturated heterocycles. The van der Waals surface area contributed by atoms with Gasteiger partial charge in [-0.05, 0) is 23.8 Å². The lowest BCUT2D eigenvalue weighted by Gasteiger charge is -2.30. The van der Waals surface area contributed by atoms with Gasteiger partial charge in [-0.2, -0.15) is 5.10 Å². The molecule has 3 aromatic rings. The predicted octanol–water partition coefficient (Wildman–Crippen LogP) is 4.24. The monoisotopic (exact) mass is 475 g/mol. The lowest BCUT2D eigenvalue weighted by atomic mass is 10.1. The molecule has 2 heterocycles. The summed E-state index contributed by atoms with van der Waals surface area (Å²) >= 11 is 12.2. The van der Waals surface area contributed by atoms with Crippen LogP contribution in [-0.2, 0) is 11.3 Å². The molecule has 0 aliphatic carbocycles. The number of nitro benzene ring substituents is 1. The first-order chi connectivity index (χ1) is 15.4. The van der Waals surface area contributed by atoms with E-state index in [2.05, 4.69) is 10.4 Å². The highest BCUT2D eigenvalue weighted by Gasteiger charge is 2.23. The fraction of sp³-hybridized carbons (Fsp3) is 0.238. The van der Waals surface area contributed by atoms with Gasteiger partial charge in [0.1, 0.15) is 5.82 Å². The van der Waals surface area contributed by atoms with E-state index in [0.29, 0.717) is 54.4 Å². The van der Waals surface area contributed by atoms with E-state index in [9.17, 15) is 14.9 Å². The van der Waals surface area contributed by atoms with Crippen LogP contribution in [0.2, 0.25) is 10.0 Å². The van der Waals surface area contributed by atoms with Gasteiger partial charge in [-0.3, -0.25) is 14.9 Å². The number of non-ortho nitro benzene ring substituents is 1. The first kappa shape index (κ1) is 22.1. The molecular weight excluding hydrogens is 457 g/mol. The van der Waals surface area contributed by atoms with E-state index in [1.807, 2.05) is 4.90 Å². The van der Waals surface area contributed by atoms with Crippen LogP contribution in [-0.4, -0.2) is 46.9 Å². The van der Waals surface area contributed by atoms with Crippen LogP contribution in [0.25, 0.3) is 0 Å². The molecule has 1 fully saturated rings. The van der Waals surface area contributed by atoms with Gasteiger partial charge in [0.05, 0.1) is 42.1 Å². The number of amides is 1. The van der Waals surface area contributed by atoms with Crippen molar-refractivity contribution in [1.29, 1.82) is 0 Å². The Morgan fingerprint density at radius 3 is 2.66 bits per heavy atom. The molecule has 2 aromatic carbocycles. The number of ether oxygens (including phenoxy) is 1. The van der Waals surface area contributed by atoms with Crippen molar-refractivity contribution < 1.29 is 14.5 Å². The summed E-state index contributed by atoms with van der Waals surface area (Å²) in [4.78, 5) is 25.9. The average molecular weight is 476 g/mol. The molecule has 1 N–H and O–H groups in total. The summed E-state index contributed by atoms with van der Waals surface area (Å²) in [7, 11) is 0. The number of anilines is 2. The van der Waals surface area contributed by atoms with E-state index >= 15 is 0 Å². The molecule has 11 heteroatoms. The molecule has 0 saturated carbocycles. The molecule has 1 amide bonds. The highest BCUT2D eigenvalue weighted by Crippen LogP contribution is 2.28. The van der Waals surface area contributed by atoms with Gasteiger partial charge in [0.15, 0.2) is 0 Å². The largest absolute Gasteiger partial charge is 0.378 e. The Bertz CT molecular complexity index is 1160. The molecule has 0 radical (unpaired) electrons. The number of nitrogens with one attached hydrogen (secondary N) is 1. The van der Waals surface area contributed by atoms with Gasteiger partial charge >= 0.3 is 0 Å². The van der Waals surface area contributed by atoms with Crippen LogP contribution in [0.4, 0.5) is 17.2 Å². The number of hydrogen-bond acceptors (Lipinski definition) is 6. The van der Waals surface area contributed by atoms with Crippen molar-refractivity contribution in [2.45, 2.75) is 6.54 Å². The molecule has 0 spiro atoms. The van der Waals surface area contributed by atoms with Gasteiger partial charge in [-0.15, -0.1) is 0 Å². The lowest BCUT2D eigenvalue weighted by Crippen LogP contribution is -2.37. The Morgan fingerprint density at radius 1 is 1.16 bits per heavy atom. The number of morpholine rings is 1. The topological polar surface area (TPSA) is 103 Å². The molecule has 1 aromatic heterocycles. The second-order valence-electron chi connectivity index (χ2n) is 7.12. The zero-order valence-electron chi connectivity index (χ0n) is 16.8. The summed E-state index contributed by atoms with van der Waals surface area (Å²) in [6.45, 7) is 2.53. The van der Waals surface area contributed by atoms with E-state index in [0.717, 1.165) is 5.56 Å². The van der Waals surface area contributed by atoms with Gasteiger partial charge in [0.2, 0.25) is 0 Å². The van der Waals surface area contributed by atoms with Gasteiger partial charge in [-0.1, -0.05) is 29.3 Å². The molecule has 4 rings (SSSR count). The van der Waals surface area contributed by atoms with Crippen molar-refractivity contribution in [2.75, 3.05) is 36.5 Å². The minimum Gasteiger partial charge on any atom is -0.378 e. The first-order valence-corrected chi connectivity index (χ1v) is 10.6. The number of benzene rings is 2. The summed E-state index contributed by atoms with van der Waals surface area (Å²) < 4.78 is 6.96. The van der Waals surface area contributed by atoms with E-state index in [1.54, 1.807) is 41.2 Å². The molecular formula is C21H19Cl2N5O4. The van der Waals surface area contributed by atoms with Crippen molar-refractivity contribution in [3.63, 3.8) is 0 Å². The second-order valence-corrected chi connectivity index (χ2v) is 7.97. The number of aromatic nitrogens is 2. The van der Waals surface area contributed by atoms with Crippen molar-refractivity contribution in [3.8, 4) is 0 Å². The van der Waals surface area contributed by atoms with Gasteiger partial charge in [0.25, 0.3) is 11.6 Å². The minimum absolute atomic E-state index is 0.159. The molecule has 0 bridgehead atoms. The summed E-state index contributed by atoms with van der Waals surface area (Å²) in [6, 6.07) is 11.1. The minimum atomic E-state index is -0.521. The summed E-state index contributed by atoms with van der Waals surface area (Å²) in [5, 5.41) is 19.4. The van der Waals surface area contributed by atoms with Gasteiger partial charge in [-0.25, -0.2) is 4.68 Å². The normalized spacial score (nSPS) is 13.8. The Kier molecular flexibility index (Phi) is 6.59. The van der Waals surface area contributed by atoms with Crippen molar-refractivity contribution in [3.05, 3.63) is 79.9 Å². The third kappa shape index (κ3) is 4.85. The first-order valence-electron chi connectivity index (χ1n) is 9.80.